The zero-order valence-electron chi connectivity index (χ0n) is 22.8. The number of amides is 3. The summed E-state index contributed by atoms with van der Waals surface area (Å²) in [7, 11) is 0. The van der Waals surface area contributed by atoms with Crippen molar-refractivity contribution in [3.8, 4) is 5.75 Å². The number of piperidine rings is 1. The van der Waals surface area contributed by atoms with Gasteiger partial charge in [-0.3, -0.25) is 24.6 Å². The minimum atomic E-state index is -0.617. The average molecular weight is 557 g/mol. The first kappa shape index (κ1) is 25.8. The number of ether oxygens (including phenoxy) is 2. The second-order valence-corrected chi connectivity index (χ2v) is 11.1. The third-order valence-corrected chi connectivity index (χ3v) is 8.36. The lowest BCUT2D eigenvalue weighted by Gasteiger charge is -2.29. The first-order valence-electron chi connectivity index (χ1n) is 14.3. The number of imide groups is 1. The minimum Gasteiger partial charge on any atom is -0.489 e. The molecule has 41 heavy (non-hydrogen) atoms. The smallest absolute Gasteiger partial charge is 0.255 e. The van der Waals surface area contributed by atoms with Crippen LogP contribution < -0.4 is 15.0 Å². The van der Waals surface area contributed by atoms with Crippen LogP contribution in [-0.4, -0.2) is 89.0 Å². The van der Waals surface area contributed by atoms with Crippen LogP contribution in [0.2, 0.25) is 0 Å². The van der Waals surface area contributed by atoms with Gasteiger partial charge in [0.2, 0.25) is 17.8 Å². The lowest BCUT2D eigenvalue weighted by Crippen LogP contribution is -2.52. The fourth-order valence-electron chi connectivity index (χ4n) is 6.20. The number of likely N-dealkylation sites (tertiary alicyclic amines) is 1. The van der Waals surface area contributed by atoms with Gasteiger partial charge in [0.05, 0.1) is 18.7 Å². The molecule has 1 aromatic heterocycles. The van der Waals surface area contributed by atoms with E-state index in [1.807, 2.05) is 18.3 Å². The summed E-state index contributed by atoms with van der Waals surface area (Å²) >= 11 is 0. The highest BCUT2D eigenvalue weighted by Crippen LogP contribution is 2.31. The number of rotatable bonds is 6. The number of carbonyl (C=O) groups is 3. The monoisotopic (exact) mass is 556 g/mol. The standard InChI is InChI=1S/C30H32N6O5/c37-27-6-5-26(28(38)33-27)36-17-21-14-22(2-3-24(21)29(36)39)41-23-7-8-34(18-23)16-19-1-4-25-20(13-19)15-31-30(32-25)35-9-11-40-12-10-35/h1-4,13-15,23,26H,5-12,16-18H2,(H,33,37,38). The third kappa shape index (κ3) is 5.22. The summed E-state index contributed by atoms with van der Waals surface area (Å²) < 4.78 is 11.8. The summed E-state index contributed by atoms with van der Waals surface area (Å²) in [6.07, 6.45) is 3.47. The lowest BCUT2D eigenvalue weighted by molar-refractivity contribution is -0.136. The molecule has 4 aliphatic heterocycles. The van der Waals surface area contributed by atoms with Gasteiger partial charge in [0.15, 0.2) is 0 Å². The molecule has 1 N–H and O–H groups in total. The van der Waals surface area contributed by atoms with Gasteiger partial charge in [-0.2, -0.15) is 0 Å². The Kier molecular flexibility index (Phi) is 6.76. The second kappa shape index (κ2) is 10.7. The normalized spacial score (nSPS) is 23.3. The number of morpholine rings is 1. The Balaban J connectivity index is 0.960. The molecular formula is C30H32N6O5. The summed E-state index contributed by atoms with van der Waals surface area (Å²) in [5, 5.41) is 3.38. The molecule has 5 heterocycles. The summed E-state index contributed by atoms with van der Waals surface area (Å²) in [5.74, 6) is 0.623. The maximum absolute atomic E-state index is 13.0. The topological polar surface area (TPSA) is 117 Å². The van der Waals surface area contributed by atoms with Gasteiger partial charge in [-0.05, 0) is 54.3 Å². The first-order valence-corrected chi connectivity index (χ1v) is 14.3. The maximum Gasteiger partial charge on any atom is 0.255 e. The molecule has 0 radical (unpaired) electrons. The minimum absolute atomic E-state index is 0.0521. The molecular weight excluding hydrogens is 524 g/mol. The molecule has 0 saturated carbocycles. The summed E-state index contributed by atoms with van der Waals surface area (Å²) in [6, 6.07) is 11.3. The highest BCUT2D eigenvalue weighted by Gasteiger charge is 2.39. The van der Waals surface area contributed by atoms with E-state index in [2.05, 4.69) is 38.3 Å². The van der Waals surface area contributed by atoms with Crippen LogP contribution in [0.15, 0.2) is 42.6 Å². The van der Waals surface area contributed by atoms with Crippen molar-refractivity contribution in [1.82, 2.24) is 25.1 Å². The molecule has 7 rings (SSSR count). The zero-order chi connectivity index (χ0) is 27.9. The zero-order valence-corrected chi connectivity index (χ0v) is 22.8. The quantitative estimate of drug-likeness (QED) is 0.454. The average Bonchev–Trinajstić information content (AvgIpc) is 3.56. The van der Waals surface area contributed by atoms with E-state index in [1.165, 1.54) is 5.56 Å². The number of nitrogens with zero attached hydrogens (tertiary/aromatic N) is 5. The number of carbonyl (C=O) groups excluding carboxylic acids is 3. The molecule has 2 aromatic carbocycles. The molecule has 2 unspecified atom stereocenters. The van der Waals surface area contributed by atoms with Crippen molar-refractivity contribution >= 4 is 34.6 Å². The number of aromatic nitrogens is 2. The van der Waals surface area contributed by atoms with Crippen molar-refractivity contribution in [2.24, 2.45) is 0 Å². The summed E-state index contributed by atoms with van der Waals surface area (Å²) in [4.78, 5) is 52.3. The summed E-state index contributed by atoms with van der Waals surface area (Å²) in [5.41, 5.74) is 3.60. The predicted octanol–water partition coefficient (Wildman–Crippen LogP) is 1.88. The van der Waals surface area contributed by atoms with Crippen LogP contribution in [0.1, 0.15) is 40.7 Å². The Morgan fingerprint density at radius 3 is 2.76 bits per heavy atom. The Bertz CT molecular complexity index is 1520. The highest BCUT2D eigenvalue weighted by atomic mass is 16.5. The first-order chi connectivity index (χ1) is 20.0. The molecule has 4 aliphatic rings. The van der Waals surface area contributed by atoms with Crippen molar-refractivity contribution < 1.29 is 23.9 Å². The number of benzene rings is 2. The van der Waals surface area contributed by atoms with Crippen molar-refractivity contribution in [2.45, 2.75) is 44.5 Å². The number of anilines is 1. The van der Waals surface area contributed by atoms with Crippen molar-refractivity contribution in [3.05, 3.63) is 59.3 Å². The highest BCUT2D eigenvalue weighted by molar-refractivity contribution is 6.05. The Morgan fingerprint density at radius 1 is 1.02 bits per heavy atom. The van der Waals surface area contributed by atoms with Gasteiger partial charge in [0, 0.05) is 62.8 Å². The molecule has 2 atom stereocenters. The van der Waals surface area contributed by atoms with Gasteiger partial charge in [0.25, 0.3) is 5.91 Å². The molecule has 3 saturated heterocycles. The summed E-state index contributed by atoms with van der Waals surface area (Å²) in [6.45, 7) is 5.93. The largest absolute Gasteiger partial charge is 0.489 e. The number of nitrogens with one attached hydrogen (secondary N) is 1. The molecule has 11 heteroatoms. The number of fused-ring (bicyclic) bond motifs is 2. The van der Waals surface area contributed by atoms with Gasteiger partial charge in [-0.25, -0.2) is 9.97 Å². The number of hydrogen-bond acceptors (Lipinski definition) is 9. The Morgan fingerprint density at radius 2 is 1.90 bits per heavy atom. The van der Waals surface area contributed by atoms with Crippen LogP contribution in [0, 0.1) is 0 Å². The fraction of sp³-hybridized carbons (Fsp3) is 0.433. The predicted molar refractivity (Wildman–Crippen MR) is 149 cm³/mol. The molecule has 11 nitrogen and oxygen atoms in total. The fourth-order valence-corrected chi connectivity index (χ4v) is 6.20. The molecule has 212 valence electrons. The van der Waals surface area contributed by atoms with Crippen molar-refractivity contribution in [1.29, 1.82) is 0 Å². The van der Waals surface area contributed by atoms with E-state index in [0.717, 1.165) is 67.3 Å². The Labute approximate surface area is 237 Å². The SMILES string of the molecule is O=C1CCC(N2Cc3cc(OC4CCN(Cc5ccc6nc(N7CCOCC7)ncc6c5)C4)ccc3C2=O)C(=O)N1. The van der Waals surface area contributed by atoms with Crippen LogP contribution in [0.3, 0.4) is 0 Å². The van der Waals surface area contributed by atoms with Crippen LogP contribution in [0.25, 0.3) is 10.9 Å². The van der Waals surface area contributed by atoms with Gasteiger partial charge in [-0.15, -0.1) is 0 Å². The van der Waals surface area contributed by atoms with E-state index in [4.69, 9.17) is 14.5 Å². The van der Waals surface area contributed by atoms with Crippen molar-refractivity contribution in [2.75, 3.05) is 44.3 Å². The van der Waals surface area contributed by atoms with Crippen LogP contribution in [0.5, 0.6) is 5.75 Å². The van der Waals surface area contributed by atoms with Gasteiger partial charge in [0.1, 0.15) is 17.9 Å². The molecule has 0 bridgehead atoms. The van der Waals surface area contributed by atoms with E-state index in [-0.39, 0.29) is 24.3 Å². The lowest BCUT2D eigenvalue weighted by atomic mass is 10.0. The molecule has 3 aromatic rings. The maximum atomic E-state index is 13.0. The van der Waals surface area contributed by atoms with Crippen LogP contribution in [-0.2, 0) is 27.4 Å². The van der Waals surface area contributed by atoms with E-state index in [0.29, 0.717) is 31.7 Å². The molecule has 3 amide bonds. The molecule has 0 aliphatic carbocycles. The third-order valence-electron chi connectivity index (χ3n) is 8.36. The van der Waals surface area contributed by atoms with Gasteiger partial charge >= 0.3 is 0 Å². The van der Waals surface area contributed by atoms with Crippen LogP contribution in [0.4, 0.5) is 5.95 Å². The van der Waals surface area contributed by atoms with E-state index in [9.17, 15) is 14.4 Å². The van der Waals surface area contributed by atoms with E-state index < -0.39 is 11.9 Å². The van der Waals surface area contributed by atoms with Crippen LogP contribution >= 0.6 is 0 Å². The van der Waals surface area contributed by atoms with Gasteiger partial charge < -0.3 is 19.3 Å². The van der Waals surface area contributed by atoms with E-state index >= 15 is 0 Å². The Hall–Kier alpha value is -4.09. The molecule has 0 spiro atoms. The van der Waals surface area contributed by atoms with E-state index in [1.54, 1.807) is 11.0 Å². The number of hydrogen-bond donors (Lipinski definition) is 1. The second-order valence-electron chi connectivity index (χ2n) is 11.1. The molecule has 3 fully saturated rings. The van der Waals surface area contributed by atoms with Gasteiger partial charge in [-0.1, -0.05) is 6.07 Å². The van der Waals surface area contributed by atoms with Crippen molar-refractivity contribution in [3.63, 3.8) is 0 Å².